The highest BCUT2D eigenvalue weighted by Crippen LogP contribution is 2.60. The Morgan fingerprint density at radius 2 is 1.88 bits per heavy atom. The molecule has 3 amide bonds. The van der Waals surface area contributed by atoms with Gasteiger partial charge in [0.1, 0.15) is 0 Å². The first-order valence-electron chi connectivity index (χ1n) is 17.1. The summed E-state index contributed by atoms with van der Waals surface area (Å²) in [5.41, 5.74) is 2.66. The molecule has 256 valence electrons. The highest BCUT2D eigenvalue weighted by molar-refractivity contribution is 6.72. The Hall–Kier alpha value is -4.32. The van der Waals surface area contributed by atoms with E-state index in [4.69, 9.17) is 4.74 Å². The summed E-state index contributed by atoms with van der Waals surface area (Å²) in [5.74, 6) is -1.12. The maximum atomic E-state index is 16.2. The molecule has 4 aromatic rings. The van der Waals surface area contributed by atoms with Gasteiger partial charge in [-0.15, -0.1) is 0 Å². The Morgan fingerprint density at radius 1 is 1.10 bits per heavy atom. The number of H-pyrrole nitrogens is 1. The topological polar surface area (TPSA) is 115 Å². The third kappa shape index (κ3) is 5.87. The summed E-state index contributed by atoms with van der Waals surface area (Å²) in [4.78, 5) is 47.9. The normalized spacial score (nSPS) is 25.0. The molecule has 3 aliphatic heterocycles. The van der Waals surface area contributed by atoms with Gasteiger partial charge in [0.25, 0.3) is 5.91 Å². The number of hydrogen-bond acceptors (Lipinski definition) is 5. The molecule has 49 heavy (non-hydrogen) atoms. The highest BCUT2D eigenvalue weighted by Gasteiger charge is 2.67. The highest BCUT2D eigenvalue weighted by atomic mass is 28.4. The van der Waals surface area contributed by atoms with Crippen LogP contribution in [0.1, 0.15) is 42.9 Å². The number of likely N-dealkylation sites (tertiary alicyclic amines) is 1. The van der Waals surface area contributed by atoms with Crippen LogP contribution in [0.3, 0.4) is 0 Å². The van der Waals surface area contributed by atoms with E-state index in [0.717, 1.165) is 34.9 Å². The van der Waals surface area contributed by atoms with Crippen molar-refractivity contribution in [3.63, 3.8) is 0 Å². The van der Waals surface area contributed by atoms with Crippen molar-refractivity contribution in [1.29, 1.82) is 0 Å². The van der Waals surface area contributed by atoms with Crippen molar-refractivity contribution in [2.75, 3.05) is 23.4 Å². The van der Waals surface area contributed by atoms with E-state index in [-0.39, 0.29) is 49.8 Å². The molecule has 0 saturated carbocycles. The second-order valence-electron chi connectivity index (χ2n) is 14.2. The Kier molecular flexibility index (Phi) is 8.70. The molecule has 2 saturated heterocycles. The fourth-order valence-electron chi connectivity index (χ4n) is 8.59. The molecule has 0 radical (unpaired) electrons. The lowest BCUT2D eigenvalue weighted by Crippen LogP contribution is -2.45. The molecule has 7 rings (SSSR count). The van der Waals surface area contributed by atoms with E-state index in [2.05, 4.69) is 10.3 Å². The molecule has 3 aromatic carbocycles. The van der Waals surface area contributed by atoms with Crippen LogP contribution in [0.25, 0.3) is 10.9 Å². The lowest BCUT2D eigenvalue weighted by molar-refractivity contribution is -0.150. The number of aliphatic hydroxyl groups excluding tert-OH is 1. The SMILES string of the molecule is C[C@H]1[C@H]([Si](C)(C)F)[C@@H](CC(=O)N2CCC[C@H]2CO)O[C@]12C(=O)N(Cc1cccc(NC(=O)Cc3c[nH]c4ccccc34)c1)c1ccccc12. The summed E-state index contributed by atoms with van der Waals surface area (Å²) in [7, 11) is -3.44. The zero-order valence-corrected chi connectivity index (χ0v) is 29.1. The van der Waals surface area contributed by atoms with Crippen molar-refractivity contribution >= 4 is 48.4 Å². The molecule has 1 aromatic heterocycles. The van der Waals surface area contributed by atoms with E-state index in [9.17, 15) is 19.5 Å². The standard InChI is InChI=1S/C38H43FN4O5Si/c1-24-36(49(2,3)39)33(20-35(46)42-17-9-12-28(42)23-44)48-38(24)30-14-5-7-16-32(30)43(37(38)47)22-25-10-8-11-27(18-25)41-34(45)19-26-21-40-31-15-6-4-13-29(26)31/h4-8,10-11,13-16,18,21,24,28,33,36,40,44H,9,12,17,19-20,22-23H2,1-3H3,(H,41,45)/t24-,28-,33+,36-,38+/m0/s1. The van der Waals surface area contributed by atoms with E-state index in [1.54, 1.807) is 22.9 Å². The fourth-order valence-corrected chi connectivity index (χ4v) is 11.1. The maximum Gasteiger partial charge on any atom is 0.264 e. The van der Waals surface area contributed by atoms with E-state index in [0.29, 0.717) is 23.5 Å². The van der Waals surface area contributed by atoms with Crippen LogP contribution in [-0.4, -0.2) is 66.4 Å². The molecule has 9 nitrogen and oxygen atoms in total. The number of benzene rings is 3. The first kappa shape index (κ1) is 33.2. The summed E-state index contributed by atoms with van der Waals surface area (Å²) in [6, 6.07) is 22.5. The number of aromatic nitrogens is 1. The first-order chi connectivity index (χ1) is 23.5. The maximum absolute atomic E-state index is 16.2. The third-order valence-electron chi connectivity index (χ3n) is 10.7. The predicted molar refractivity (Wildman–Crippen MR) is 189 cm³/mol. The molecule has 0 unspecified atom stereocenters. The number of anilines is 2. The Labute approximate surface area is 286 Å². The summed E-state index contributed by atoms with van der Waals surface area (Å²) in [6.07, 6.45) is 2.79. The van der Waals surface area contributed by atoms with Gasteiger partial charge >= 0.3 is 0 Å². The van der Waals surface area contributed by atoms with Gasteiger partial charge in [-0.2, -0.15) is 0 Å². The van der Waals surface area contributed by atoms with Crippen LogP contribution in [0.2, 0.25) is 18.6 Å². The number of carbonyl (C=O) groups is 3. The van der Waals surface area contributed by atoms with E-state index in [1.165, 1.54) is 0 Å². The molecule has 3 aliphatic rings. The Bertz CT molecular complexity index is 1910. The van der Waals surface area contributed by atoms with Gasteiger partial charge < -0.3 is 34.1 Å². The van der Waals surface area contributed by atoms with Crippen molar-refractivity contribution in [1.82, 2.24) is 9.88 Å². The summed E-state index contributed by atoms with van der Waals surface area (Å²) < 4.78 is 23.0. The summed E-state index contributed by atoms with van der Waals surface area (Å²) >= 11 is 0. The number of aliphatic hydroxyl groups is 1. The molecule has 0 aliphatic carbocycles. The molecule has 4 heterocycles. The predicted octanol–water partition coefficient (Wildman–Crippen LogP) is 6.04. The number of ether oxygens (including phenoxy) is 1. The Balaban J connectivity index is 1.13. The number of nitrogens with zero attached hydrogens (tertiary/aromatic N) is 2. The zero-order chi connectivity index (χ0) is 34.5. The van der Waals surface area contributed by atoms with Gasteiger partial charge in [-0.1, -0.05) is 55.5 Å². The van der Waals surface area contributed by atoms with Crippen LogP contribution in [0.5, 0.6) is 0 Å². The van der Waals surface area contributed by atoms with Gasteiger partial charge in [-0.05, 0) is 61.3 Å². The molecule has 1 spiro atoms. The van der Waals surface area contributed by atoms with Gasteiger partial charge in [0.15, 0.2) is 5.60 Å². The molecular formula is C38H43FN4O5Si. The number of rotatable bonds is 9. The fraction of sp³-hybridized carbons (Fsp3) is 0.395. The summed E-state index contributed by atoms with van der Waals surface area (Å²) in [5, 5.41) is 13.8. The minimum absolute atomic E-state index is 0.0383. The van der Waals surface area contributed by atoms with Crippen molar-refractivity contribution < 1.29 is 28.3 Å². The Morgan fingerprint density at radius 3 is 2.67 bits per heavy atom. The molecule has 11 heteroatoms. The van der Waals surface area contributed by atoms with Gasteiger partial charge in [-0.25, -0.2) is 0 Å². The lowest BCUT2D eigenvalue weighted by Gasteiger charge is -2.31. The van der Waals surface area contributed by atoms with Crippen molar-refractivity contribution in [2.24, 2.45) is 5.92 Å². The average Bonchev–Trinajstić information content (AvgIpc) is 3.83. The smallest absolute Gasteiger partial charge is 0.264 e. The first-order valence-corrected chi connectivity index (χ1v) is 20.1. The van der Waals surface area contributed by atoms with Crippen LogP contribution in [0, 0.1) is 5.92 Å². The molecule has 2 fully saturated rings. The minimum atomic E-state index is -3.44. The van der Waals surface area contributed by atoms with Crippen LogP contribution in [0.4, 0.5) is 15.5 Å². The number of carbonyl (C=O) groups excluding carboxylic acids is 3. The lowest BCUT2D eigenvalue weighted by atomic mass is 9.82. The number of amides is 3. The monoisotopic (exact) mass is 682 g/mol. The number of nitrogens with one attached hydrogen (secondary N) is 2. The van der Waals surface area contributed by atoms with Gasteiger partial charge in [0, 0.05) is 46.4 Å². The number of fused-ring (bicyclic) bond motifs is 3. The van der Waals surface area contributed by atoms with Crippen LogP contribution in [-0.2, 0) is 37.7 Å². The van der Waals surface area contributed by atoms with Gasteiger partial charge in [0.05, 0.1) is 43.8 Å². The average molecular weight is 683 g/mol. The third-order valence-corrected chi connectivity index (χ3v) is 13.2. The van der Waals surface area contributed by atoms with E-state index >= 15 is 4.11 Å². The quantitative estimate of drug-likeness (QED) is 0.147. The second-order valence-corrected chi connectivity index (χ2v) is 18.0. The van der Waals surface area contributed by atoms with E-state index in [1.807, 2.05) is 85.9 Å². The van der Waals surface area contributed by atoms with Crippen molar-refractivity contribution in [3.05, 3.63) is 95.7 Å². The second kappa shape index (κ2) is 12.9. The van der Waals surface area contributed by atoms with Crippen LogP contribution < -0.4 is 10.2 Å². The van der Waals surface area contributed by atoms with Crippen LogP contribution >= 0.6 is 0 Å². The molecule has 0 bridgehead atoms. The number of aromatic amines is 1. The van der Waals surface area contributed by atoms with Crippen molar-refractivity contribution in [2.45, 2.75) is 75.5 Å². The molecular weight excluding hydrogens is 640 g/mol. The van der Waals surface area contributed by atoms with Gasteiger partial charge in [0.2, 0.25) is 20.2 Å². The van der Waals surface area contributed by atoms with Crippen LogP contribution in [0.15, 0.2) is 79.0 Å². The van der Waals surface area contributed by atoms with Gasteiger partial charge in [-0.3, -0.25) is 14.4 Å². The zero-order valence-electron chi connectivity index (χ0n) is 28.1. The van der Waals surface area contributed by atoms with E-state index < -0.39 is 31.6 Å². The summed E-state index contributed by atoms with van der Waals surface area (Å²) in [6.45, 7) is 5.80. The largest absolute Gasteiger partial charge is 0.394 e. The number of para-hydroxylation sites is 2. The number of halogens is 1. The molecule has 3 N–H and O–H groups in total. The number of hydrogen-bond donors (Lipinski definition) is 3. The van der Waals surface area contributed by atoms with Crippen molar-refractivity contribution in [3.8, 4) is 0 Å². The minimum Gasteiger partial charge on any atom is -0.394 e. The molecule has 5 atom stereocenters.